The number of likely N-dealkylation sites (N-methyl/N-ethyl adjacent to an activating group) is 1. The van der Waals surface area contributed by atoms with Gasteiger partial charge in [0.15, 0.2) is 0 Å². The molecule has 2 atom stereocenters. The Kier molecular flexibility index (Phi) is 5.62. The van der Waals surface area contributed by atoms with Gasteiger partial charge in [0.2, 0.25) is 0 Å². The van der Waals surface area contributed by atoms with Crippen molar-refractivity contribution in [1.82, 2.24) is 9.80 Å². The first kappa shape index (κ1) is 16.3. The third kappa shape index (κ3) is 4.19. The lowest BCUT2D eigenvalue weighted by Gasteiger charge is -2.38. The monoisotopic (exact) mass is 292 g/mol. The molecule has 1 N–H and O–H groups in total. The number of aliphatic hydroxyl groups is 1. The van der Waals surface area contributed by atoms with E-state index in [-0.39, 0.29) is 0 Å². The molecule has 0 saturated carbocycles. The van der Waals surface area contributed by atoms with E-state index in [1.54, 1.807) is 6.92 Å². The average molecular weight is 292 g/mol. The number of hydrogen-bond acceptors (Lipinski definition) is 4. The van der Waals surface area contributed by atoms with Gasteiger partial charge < -0.3 is 14.7 Å². The lowest BCUT2D eigenvalue weighted by atomic mass is 10.0. The van der Waals surface area contributed by atoms with Crippen LogP contribution in [0.5, 0.6) is 5.75 Å². The van der Waals surface area contributed by atoms with Crippen LogP contribution in [0.1, 0.15) is 38.0 Å². The first-order chi connectivity index (χ1) is 10.0. The third-order valence-electron chi connectivity index (χ3n) is 4.21. The van der Waals surface area contributed by atoms with Gasteiger partial charge in [-0.25, -0.2) is 0 Å². The zero-order valence-corrected chi connectivity index (χ0v) is 13.7. The highest BCUT2D eigenvalue weighted by atomic mass is 16.5. The highest BCUT2D eigenvalue weighted by Crippen LogP contribution is 2.26. The molecule has 2 unspecified atom stereocenters. The van der Waals surface area contributed by atoms with Gasteiger partial charge in [-0.2, -0.15) is 0 Å². The summed E-state index contributed by atoms with van der Waals surface area (Å²) < 4.78 is 5.75. The molecule has 0 spiro atoms. The van der Waals surface area contributed by atoms with Gasteiger partial charge in [0.1, 0.15) is 5.75 Å². The van der Waals surface area contributed by atoms with Gasteiger partial charge in [-0.15, -0.1) is 0 Å². The Morgan fingerprint density at radius 2 is 2.14 bits per heavy atom. The molecule has 1 fully saturated rings. The van der Waals surface area contributed by atoms with Gasteiger partial charge in [-0.3, -0.25) is 4.90 Å². The number of nitrogens with zero attached hydrogens (tertiary/aromatic N) is 2. The largest absolute Gasteiger partial charge is 0.494 e. The summed E-state index contributed by atoms with van der Waals surface area (Å²) in [5, 5.41) is 9.80. The first-order valence-corrected chi connectivity index (χ1v) is 7.87. The maximum absolute atomic E-state index is 9.80. The summed E-state index contributed by atoms with van der Waals surface area (Å²) in [5.74, 6) is 0.938. The first-order valence-electron chi connectivity index (χ1n) is 7.87. The number of piperazine rings is 1. The molecule has 2 rings (SSSR count). The van der Waals surface area contributed by atoms with Crippen molar-refractivity contribution < 1.29 is 9.84 Å². The summed E-state index contributed by atoms with van der Waals surface area (Å²) in [6.07, 6.45) is -0.440. The van der Waals surface area contributed by atoms with Gasteiger partial charge in [-0.05, 0) is 45.5 Å². The quantitative estimate of drug-likeness (QED) is 0.903. The number of aliphatic hydroxyl groups excluding tert-OH is 1. The van der Waals surface area contributed by atoms with Crippen LogP contribution in [0, 0.1) is 0 Å². The second kappa shape index (κ2) is 7.25. The summed E-state index contributed by atoms with van der Waals surface area (Å²) in [5.41, 5.74) is 2.13. The van der Waals surface area contributed by atoms with Gasteiger partial charge in [0, 0.05) is 37.8 Å². The predicted octanol–water partition coefficient (Wildman–Crippen LogP) is 2.27. The highest BCUT2D eigenvalue weighted by Gasteiger charge is 2.22. The van der Waals surface area contributed by atoms with Crippen molar-refractivity contribution in [3.8, 4) is 5.75 Å². The van der Waals surface area contributed by atoms with Gasteiger partial charge in [0.05, 0.1) is 12.7 Å². The molecule has 0 amide bonds. The van der Waals surface area contributed by atoms with Gasteiger partial charge in [-0.1, -0.05) is 6.07 Å². The molecule has 1 heterocycles. The van der Waals surface area contributed by atoms with Crippen LogP contribution in [-0.4, -0.2) is 54.2 Å². The second-order valence-electron chi connectivity index (χ2n) is 6.06. The minimum Gasteiger partial charge on any atom is -0.494 e. The van der Waals surface area contributed by atoms with E-state index < -0.39 is 6.10 Å². The Morgan fingerprint density at radius 1 is 1.38 bits per heavy atom. The molecule has 118 valence electrons. The number of rotatable bonds is 5. The van der Waals surface area contributed by atoms with E-state index in [9.17, 15) is 5.11 Å². The molecule has 0 bridgehead atoms. The Morgan fingerprint density at radius 3 is 2.76 bits per heavy atom. The van der Waals surface area contributed by atoms with Crippen LogP contribution in [0.3, 0.4) is 0 Å². The van der Waals surface area contributed by atoms with Crippen LogP contribution in [-0.2, 0) is 6.54 Å². The Hall–Kier alpha value is -1.10. The normalized spacial score (nSPS) is 22.2. The topological polar surface area (TPSA) is 35.9 Å². The van der Waals surface area contributed by atoms with Crippen LogP contribution >= 0.6 is 0 Å². The molecule has 1 aromatic rings. The maximum Gasteiger partial charge on any atom is 0.123 e. The summed E-state index contributed by atoms with van der Waals surface area (Å²) in [4.78, 5) is 4.86. The Bertz CT molecular complexity index is 462. The molecule has 0 radical (unpaired) electrons. The number of ether oxygens (including phenoxy) is 1. The van der Waals surface area contributed by atoms with Crippen LogP contribution < -0.4 is 4.74 Å². The summed E-state index contributed by atoms with van der Waals surface area (Å²) in [6, 6.07) is 6.56. The van der Waals surface area contributed by atoms with Gasteiger partial charge >= 0.3 is 0 Å². The molecule has 1 aliphatic heterocycles. The minimum atomic E-state index is -0.440. The molecule has 0 aliphatic carbocycles. The lowest BCUT2D eigenvalue weighted by molar-refractivity contribution is 0.0928. The van der Waals surface area contributed by atoms with Crippen LogP contribution in [0.25, 0.3) is 0 Å². The van der Waals surface area contributed by atoms with Crippen molar-refractivity contribution in [2.45, 2.75) is 39.5 Å². The van der Waals surface area contributed by atoms with Crippen molar-refractivity contribution in [2.24, 2.45) is 0 Å². The lowest BCUT2D eigenvalue weighted by Crippen LogP contribution is -2.49. The fourth-order valence-electron chi connectivity index (χ4n) is 2.91. The zero-order chi connectivity index (χ0) is 15.4. The maximum atomic E-state index is 9.80. The molecular weight excluding hydrogens is 264 g/mol. The number of hydrogen-bond donors (Lipinski definition) is 1. The molecule has 1 saturated heterocycles. The van der Waals surface area contributed by atoms with E-state index in [2.05, 4.69) is 29.8 Å². The second-order valence-corrected chi connectivity index (χ2v) is 6.06. The fraction of sp³-hybridized carbons (Fsp3) is 0.647. The summed E-state index contributed by atoms with van der Waals surface area (Å²) >= 11 is 0. The van der Waals surface area contributed by atoms with E-state index in [0.29, 0.717) is 12.6 Å². The highest BCUT2D eigenvalue weighted by molar-refractivity contribution is 5.38. The van der Waals surface area contributed by atoms with Crippen molar-refractivity contribution in [1.29, 1.82) is 0 Å². The number of benzene rings is 1. The molecule has 1 aromatic carbocycles. The van der Waals surface area contributed by atoms with Crippen LogP contribution in [0.4, 0.5) is 0 Å². The van der Waals surface area contributed by atoms with Crippen molar-refractivity contribution >= 4 is 0 Å². The van der Waals surface area contributed by atoms with E-state index in [4.69, 9.17) is 4.74 Å². The smallest absolute Gasteiger partial charge is 0.123 e. The van der Waals surface area contributed by atoms with E-state index >= 15 is 0 Å². The standard InChI is InChI=1S/C17H28N2O2/c1-5-21-17-7-6-15(14(3)20)10-16(17)12-19-9-8-18(4)11-13(19)2/h6-7,10,13-14,20H,5,8-9,11-12H2,1-4H3. The van der Waals surface area contributed by atoms with Crippen molar-refractivity contribution in [3.63, 3.8) is 0 Å². The Labute approximate surface area is 128 Å². The van der Waals surface area contributed by atoms with Gasteiger partial charge in [0.25, 0.3) is 0 Å². The minimum absolute atomic E-state index is 0.440. The molecular formula is C17H28N2O2. The summed E-state index contributed by atoms with van der Waals surface area (Å²) in [6.45, 7) is 10.9. The van der Waals surface area contributed by atoms with Crippen molar-refractivity contribution in [3.05, 3.63) is 29.3 Å². The molecule has 0 aromatic heterocycles. The molecule has 21 heavy (non-hydrogen) atoms. The molecule has 4 nitrogen and oxygen atoms in total. The fourth-order valence-corrected chi connectivity index (χ4v) is 2.91. The molecule has 1 aliphatic rings. The Balaban J connectivity index is 2.18. The summed E-state index contributed by atoms with van der Waals surface area (Å²) in [7, 11) is 2.17. The predicted molar refractivity (Wildman–Crippen MR) is 85.6 cm³/mol. The van der Waals surface area contributed by atoms with Crippen LogP contribution in [0.2, 0.25) is 0 Å². The SMILES string of the molecule is CCOc1ccc(C(C)O)cc1CN1CCN(C)CC1C. The third-order valence-corrected chi connectivity index (χ3v) is 4.21. The average Bonchev–Trinajstić information content (AvgIpc) is 2.43. The molecule has 4 heteroatoms. The van der Waals surface area contributed by atoms with E-state index in [1.165, 1.54) is 5.56 Å². The zero-order valence-electron chi connectivity index (χ0n) is 13.7. The van der Waals surface area contributed by atoms with Crippen molar-refractivity contribution in [2.75, 3.05) is 33.3 Å². The van der Waals surface area contributed by atoms with E-state index in [0.717, 1.165) is 37.5 Å². The van der Waals surface area contributed by atoms with E-state index in [1.807, 2.05) is 19.1 Å². The van der Waals surface area contributed by atoms with Crippen LogP contribution in [0.15, 0.2) is 18.2 Å².